The lowest BCUT2D eigenvalue weighted by Crippen LogP contribution is -2.33. The minimum absolute atomic E-state index is 0.218. The molecule has 0 N–H and O–H groups in total. The van der Waals surface area contributed by atoms with E-state index in [9.17, 15) is 4.79 Å². The van der Waals surface area contributed by atoms with Crippen molar-refractivity contribution in [2.24, 2.45) is 22.9 Å². The Bertz CT molecular complexity index is 670. The van der Waals surface area contributed by atoms with E-state index in [4.69, 9.17) is 0 Å². The van der Waals surface area contributed by atoms with Gasteiger partial charge in [0.15, 0.2) is 0 Å². The highest BCUT2D eigenvalue weighted by Gasteiger charge is 2.25. The molecule has 0 spiro atoms. The molecule has 38 heavy (non-hydrogen) atoms. The fraction of sp³-hybridized carbons (Fsp3) is 0.771. The molecule has 3 nitrogen and oxygen atoms in total. The molecule has 1 aromatic rings. The first-order valence-electron chi connectivity index (χ1n) is 16.6. The van der Waals surface area contributed by atoms with Crippen molar-refractivity contribution in [3.63, 3.8) is 0 Å². The van der Waals surface area contributed by atoms with Crippen molar-refractivity contribution in [2.75, 3.05) is 6.54 Å². The summed E-state index contributed by atoms with van der Waals surface area (Å²) in [4.78, 5) is 11.8. The number of hydrogen-bond donors (Lipinski definition) is 0. The van der Waals surface area contributed by atoms with Crippen LogP contribution < -0.4 is 0 Å². The smallest absolute Gasteiger partial charge is 0.243 e. The van der Waals surface area contributed by atoms with E-state index < -0.39 is 0 Å². The lowest BCUT2D eigenvalue weighted by atomic mass is 9.73. The van der Waals surface area contributed by atoms with Crippen LogP contribution in [0.15, 0.2) is 41.5 Å². The molecule has 3 saturated carbocycles. The van der Waals surface area contributed by atoms with Crippen molar-refractivity contribution >= 4 is 11.6 Å². The SMILES string of the molecule is C1CCC(C2CCCCC2)CC1.CC.CCCCN1N=C(CC2CCCCC2)CCC1=O.c1ccccc1. The van der Waals surface area contributed by atoms with Crippen molar-refractivity contribution in [3.8, 4) is 0 Å². The molecule has 1 aromatic carbocycles. The van der Waals surface area contributed by atoms with Crippen LogP contribution in [-0.4, -0.2) is 23.2 Å². The number of unbranched alkanes of at least 4 members (excludes halogenated alkanes) is 1. The van der Waals surface area contributed by atoms with Crippen LogP contribution in [0.3, 0.4) is 0 Å². The van der Waals surface area contributed by atoms with Gasteiger partial charge in [0.25, 0.3) is 0 Å². The maximum Gasteiger partial charge on any atom is 0.243 e. The van der Waals surface area contributed by atoms with Gasteiger partial charge < -0.3 is 0 Å². The number of amides is 1. The molecule has 3 fully saturated rings. The Labute approximate surface area is 236 Å². The Morgan fingerprint density at radius 2 is 1.13 bits per heavy atom. The number of nitrogens with zero attached hydrogens (tertiary/aromatic N) is 2. The topological polar surface area (TPSA) is 32.7 Å². The fourth-order valence-corrected chi connectivity index (χ4v) is 6.60. The standard InChI is InChI=1S/C15H26N2O.C12H22.C6H6.C2H6/c1-2-3-11-17-15(18)10-9-14(16-17)12-13-7-5-4-6-8-13;1-3-7-11(8-4-1)12-9-5-2-6-10-12;1-2-4-6-5-3-1;1-2/h13H,2-12H2,1H3;11-12H,1-10H2;1-6H;1-2H3. The summed E-state index contributed by atoms with van der Waals surface area (Å²) < 4.78 is 0. The molecule has 3 aliphatic carbocycles. The Balaban J connectivity index is 0.000000216. The van der Waals surface area contributed by atoms with Crippen LogP contribution in [0, 0.1) is 17.8 Å². The number of hydrogen-bond acceptors (Lipinski definition) is 2. The molecule has 0 bridgehead atoms. The van der Waals surface area contributed by atoms with Gasteiger partial charge in [-0.1, -0.05) is 160 Å². The summed E-state index contributed by atoms with van der Waals surface area (Å²) >= 11 is 0. The minimum Gasteiger partial charge on any atom is -0.273 e. The zero-order chi connectivity index (χ0) is 27.3. The van der Waals surface area contributed by atoms with Gasteiger partial charge in [0, 0.05) is 18.7 Å². The number of rotatable bonds is 6. The second kappa shape index (κ2) is 21.2. The van der Waals surface area contributed by atoms with E-state index in [-0.39, 0.29) is 5.91 Å². The Morgan fingerprint density at radius 3 is 1.58 bits per heavy atom. The molecule has 0 radical (unpaired) electrons. The molecule has 216 valence electrons. The lowest BCUT2D eigenvalue weighted by Gasteiger charge is -2.32. The average Bonchev–Trinajstić information content (AvgIpc) is 3.01. The monoisotopic (exact) mass is 524 g/mol. The molecule has 0 aromatic heterocycles. The summed E-state index contributed by atoms with van der Waals surface area (Å²) in [6.45, 7) is 6.96. The molecule has 0 saturated heterocycles. The summed E-state index contributed by atoms with van der Waals surface area (Å²) in [5.74, 6) is 3.33. The molecule has 0 unspecified atom stereocenters. The quantitative estimate of drug-likeness (QED) is 0.364. The average molecular weight is 525 g/mol. The van der Waals surface area contributed by atoms with E-state index in [1.54, 1.807) is 30.7 Å². The highest BCUT2D eigenvalue weighted by atomic mass is 16.2. The van der Waals surface area contributed by atoms with Gasteiger partial charge >= 0.3 is 0 Å². The van der Waals surface area contributed by atoms with Gasteiger partial charge in [0.2, 0.25) is 5.91 Å². The van der Waals surface area contributed by atoms with Gasteiger partial charge in [0.1, 0.15) is 0 Å². The predicted molar refractivity (Wildman–Crippen MR) is 165 cm³/mol. The third-order valence-corrected chi connectivity index (χ3v) is 8.78. The Kier molecular flexibility index (Phi) is 18.2. The van der Waals surface area contributed by atoms with Crippen molar-refractivity contribution in [3.05, 3.63) is 36.4 Å². The Morgan fingerprint density at radius 1 is 0.684 bits per heavy atom. The van der Waals surface area contributed by atoms with Crippen LogP contribution in [0.1, 0.15) is 149 Å². The van der Waals surface area contributed by atoms with E-state index in [1.165, 1.54) is 76.3 Å². The summed E-state index contributed by atoms with van der Waals surface area (Å²) in [7, 11) is 0. The number of carbonyl (C=O) groups is 1. The van der Waals surface area contributed by atoms with Crippen LogP contribution in [0.25, 0.3) is 0 Å². The molecular formula is C35H60N2O. The van der Waals surface area contributed by atoms with Crippen molar-refractivity contribution in [1.29, 1.82) is 0 Å². The van der Waals surface area contributed by atoms with Crippen molar-refractivity contribution < 1.29 is 4.79 Å². The van der Waals surface area contributed by atoms with Crippen molar-refractivity contribution in [1.82, 2.24) is 5.01 Å². The first-order valence-corrected chi connectivity index (χ1v) is 16.6. The third kappa shape index (κ3) is 13.4. The largest absolute Gasteiger partial charge is 0.273 e. The first-order chi connectivity index (χ1) is 18.8. The van der Waals surface area contributed by atoms with E-state index in [0.29, 0.717) is 6.42 Å². The van der Waals surface area contributed by atoms with Crippen LogP contribution in [0.2, 0.25) is 0 Å². The molecule has 1 amide bonds. The summed E-state index contributed by atoms with van der Waals surface area (Å²) in [5.41, 5.74) is 1.28. The second-order valence-electron chi connectivity index (χ2n) is 11.7. The Hall–Kier alpha value is -1.64. The molecule has 1 heterocycles. The summed E-state index contributed by atoms with van der Waals surface area (Å²) in [6.07, 6.45) is 27.2. The number of carbonyl (C=O) groups excluding carboxylic acids is 1. The number of hydrazone groups is 1. The minimum atomic E-state index is 0.218. The fourth-order valence-electron chi connectivity index (χ4n) is 6.60. The predicted octanol–water partition coefficient (Wildman–Crippen LogP) is 10.6. The highest BCUT2D eigenvalue weighted by Crippen LogP contribution is 2.38. The molecule has 1 aliphatic heterocycles. The van der Waals surface area contributed by atoms with Gasteiger partial charge in [-0.05, 0) is 37.0 Å². The first kappa shape index (κ1) is 32.6. The summed E-state index contributed by atoms with van der Waals surface area (Å²) in [6, 6.07) is 12.0. The van der Waals surface area contributed by atoms with E-state index in [2.05, 4.69) is 12.0 Å². The molecular weight excluding hydrogens is 464 g/mol. The van der Waals surface area contributed by atoms with Crippen LogP contribution in [0.4, 0.5) is 0 Å². The van der Waals surface area contributed by atoms with Gasteiger partial charge in [0.05, 0.1) is 0 Å². The van der Waals surface area contributed by atoms with Crippen LogP contribution >= 0.6 is 0 Å². The van der Waals surface area contributed by atoms with Gasteiger partial charge in [-0.25, -0.2) is 5.01 Å². The van der Waals surface area contributed by atoms with Gasteiger partial charge in [-0.2, -0.15) is 5.10 Å². The molecule has 4 aliphatic rings. The van der Waals surface area contributed by atoms with E-state index in [0.717, 1.165) is 50.0 Å². The third-order valence-electron chi connectivity index (χ3n) is 8.78. The normalized spacial score (nSPS) is 21.1. The highest BCUT2D eigenvalue weighted by molar-refractivity contribution is 5.92. The van der Waals surface area contributed by atoms with Crippen molar-refractivity contribution in [2.45, 2.75) is 149 Å². The lowest BCUT2D eigenvalue weighted by molar-refractivity contribution is -0.131. The molecule has 0 atom stereocenters. The summed E-state index contributed by atoms with van der Waals surface area (Å²) in [5, 5.41) is 6.32. The number of benzene rings is 1. The van der Waals surface area contributed by atoms with Crippen LogP contribution in [-0.2, 0) is 4.79 Å². The second-order valence-corrected chi connectivity index (χ2v) is 11.7. The zero-order valence-electron chi connectivity index (χ0n) is 25.3. The maximum atomic E-state index is 11.8. The molecule has 3 heteroatoms. The molecule has 5 rings (SSSR count). The van der Waals surface area contributed by atoms with Crippen LogP contribution in [0.5, 0.6) is 0 Å². The van der Waals surface area contributed by atoms with Gasteiger partial charge in [-0.3, -0.25) is 4.79 Å². The maximum absolute atomic E-state index is 11.8. The van der Waals surface area contributed by atoms with E-state index >= 15 is 0 Å². The van der Waals surface area contributed by atoms with Gasteiger partial charge in [-0.15, -0.1) is 0 Å². The zero-order valence-corrected chi connectivity index (χ0v) is 25.3. The van der Waals surface area contributed by atoms with E-state index in [1.807, 2.05) is 50.2 Å².